The summed E-state index contributed by atoms with van der Waals surface area (Å²) in [5, 5.41) is 1.25. The Morgan fingerprint density at radius 1 is 1.10 bits per heavy atom. The molecule has 0 unspecified atom stereocenters. The molecule has 0 N–H and O–H groups in total. The molecule has 150 valence electrons. The van der Waals surface area contributed by atoms with Crippen LogP contribution in [0.1, 0.15) is 31.1 Å². The zero-order valence-electron chi connectivity index (χ0n) is 15.8. The highest BCUT2D eigenvalue weighted by Crippen LogP contribution is 2.34. The van der Waals surface area contributed by atoms with Crippen molar-refractivity contribution in [3.8, 4) is 5.75 Å². The second kappa shape index (κ2) is 8.66. The van der Waals surface area contributed by atoms with E-state index in [1.807, 2.05) is 18.2 Å². The quantitative estimate of drug-likeness (QED) is 0.414. The molecule has 0 amide bonds. The van der Waals surface area contributed by atoms with Gasteiger partial charge < -0.3 is 9.47 Å². The van der Waals surface area contributed by atoms with Gasteiger partial charge >= 0.3 is 5.97 Å². The van der Waals surface area contributed by atoms with Crippen molar-refractivity contribution in [2.45, 2.75) is 31.7 Å². The van der Waals surface area contributed by atoms with Gasteiger partial charge in [-0.3, -0.25) is 14.2 Å². The van der Waals surface area contributed by atoms with Crippen molar-refractivity contribution < 1.29 is 14.3 Å². The highest BCUT2D eigenvalue weighted by atomic mass is 35.5. The molecule has 3 aromatic rings. The fourth-order valence-corrected chi connectivity index (χ4v) is 3.34. The number of fused-ring (bicyclic) bond motifs is 1. The third kappa shape index (κ3) is 4.77. The van der Waals surface area contributed by atoms with E-state index in [4.69, 9.17) is 21.1 Å². The predicted octanol–water partition coefficient (Wildman–Crippen LogP) is 3.94. The van der Waals surface area contributed by atoms with Gasteiger partial charge in [-0.25, -0.2) is 4.98 Å². The molecule has 0 atom stereocenters. The molecule has 1 fully saturated rings. The molecule has 1 aliphatic rings. The Balaban J connectivity index is 1.33. The predicted molar refractivity (Wildman–Crippen MR) is 111 cm³/mol. The summed E-state index contributed by atoms with van der Waals surface area (Å²) in [6.45, 7) is 0.413. The summed E-state index contributed by atoms with van der Waals surface area (Å²) in [5.74, 6) is 0.972. The minimum absolute atomic E-state index is 0.0298. The number of ether oxygens (including phenoxy) is 2. The number of hydrogen-bond acceptors (Lipinski definition) is 5. The van der Waals surface area contributed by atoms with E-state index in [-0.39, 0.29) is 37.2 Å². The van der Waals surface area contributed by atoms with E-state index in [9.17, 15) is 9.59 Å². The van der Waals surface area contributed by atoms with Crippen molar-refractivity contribution in [3.63, 3.8) is 0 Å². The van der Waals surface area contributed by atoms with Crippen LogP contribution < -0.4 is 10.3 Å². The number of aryl methyl sites for hydroxylation is 1. The van der Waals surface area contributed by atoms with Crippen LogP contribution in [0.5, 0.6) is 5.75 Å². The van der Waals surface area contributed by atoms with Crippen molar-refractivity contribution >= 4 is 28.5 Å². The number of hydrogen-bond donors (Lipinski definition) is 0. The van der Waals surface area contributed by atoms with Gasteiger partial charge in [0.15, 0.2) is 0 Å². The molecule has 0 spiro atoms. The molecular weight excluding hydrogens is 392 g/mol. The number of halogens is 1. The van der Waals surface area contributed by atoms with Crippen molar-refractivity contribution in [1.82, 2.24) is 9.55 Å². The van der Waals surface area contributed by atoms with E-state index in [2.05, 4.69) is 4.98 Å². The van der Waals surface area contributed by atoms with E-state index in [1.54, 1.807) is 34.9 Å². The average molecular weight is 413 g/mol. The first kappa shape index (κ1) is 19.5. The Morgan fingerprint density at radius 2 is 1.86 bits per heavy atom. The van der Waals surface area contributed by atoms with Crippen LogP contribution in [0.4, 0.5) is 0 Å². The number of aromatic nitrogens is 2. The van der Waals surface area contributed by atoms with Crippen LogP contribution in [0.25, 0.3) is 10.9 Å². The lowest BCUT2D eigenvalue weighted by atomic mass is 10.2. The van der Waals surface area contributed by atoms with Crippen molar-refractivity contribution in [1.29, 1.82) is 0 Å². The Kier molecular flexibility index (Phi) is 5.81. The van der Waals surface area contributed by atoms with Crippen LogP contribution in [0, 0.1) is 0 Å². The zero-order valence-corrected chi connectivity index (χ0v) is 16.6. The first-order valence-corrected chi connectivity index (χ1v) is 10.0. The summed E-state index contributed by atoms with van der Waals surface area (Å²) in [6, 6.07) is 14.5. The minimum atomic E-state index is -0.338. The fourth-order valence-electron chi connectivity index (χ4n) is 3.21. The van der Waals surface area contributed by atoms with Crippen molar-refractivity contribution in [2.75, 3.05) is 13.2 Å². The molecule has 2 aromatic carbocycles. The van der Waals surface area contributed by atoms with Gasteiger partial charge in [0.1, 0.15) is 24.8 Å². The van der Waals surface area contributed by atoms with Crippen LogP contribution in [0.15, 0.2) is 53.3 Å². The van der Waals surface area contributed by atoms with Crippen LogP contribution in [0.3, 0.4) is 0 Å². The second-order valence-electron chi connectivity index (χ2n) is 6.97. The van der Waals surface area contributed by atoms with Crippen LogP contribution >= 0.6 is 11.6 Å². The first-order chi connectivity index (χ1) is 14.1. The standard InChI is InChI=1S/C22H21ClN2O4/c23-15-5-9-17(10-6-15)28-13-14-29-21(26)12-11-20-24-19-4-2-1-3-18(19)22(27)25(20)16-7-8-16/h1-6,9-10,16H,7-8,11-14H2. The van der Waals surface area contributed by atoms with Crippen LogP contribution in [-0.4, -0.2) is 28.7 Å². The topological polar surface area (TPSA) is 70.4 Å². The Hall–Kier alpha value is -2.86. The van der Waals surface area contributed by atoms with E-state index in [1.165, 1.54) is 0 Å². The van der Waals surface area contributed by atoms with Gasteiger partial charge in [-0.2, -0.15) is 0 Å². The lowest BCUT2D eigenvalue weighted by Crippen LogP contribution is -2.25. The monoisotopic (exact) mass is 412 g/mol. The number of carbonyl (C=O) groups excluding carboxylic acids is 1. The fraction of sp³-hybridized carbons (Fsp3) is 0.318. The maximum absolute atomic E-state index is 12.8. The molecule has 1 aromatic heterocycles. The largest absolute Gasteiger partial charge is 0.490 e. The summed E-state index contributed by atoms with van der Waals surface area (Å²) in [5.41, 5.74) is 0.631. The number of rotatable bonds is 8. The lowest BCUT2D eigenvalue weighted by molar-refractivity contribution is -0.144. The van der Waals surface area contributed by atoms with Gasteiger partial charge in [0.05, 0.1) is 17.3 Å². The van der Waals surface area contributed by atoms with Gasteiger partial charge in [-0.15, -0.1) is 0 Å². The maximum atomic E-state index is 12.8. The van der Waals surface area contributed by atoms with E-state index in [0.717, 1.165) is 12.8 Å². The third-order valence-corrected chi connectivity index (χ3v) is 5.03. The van der Waals surface area contributed by atoms with Crippen molar-refractivity contribution in [3.05, 3.63) is 69.7 Å². The maximum Gasteiger partial charge on any atom is 0.306 e. The van der Waals surface area contributed by atoms with Gasteiger partial charge in [0, 0.05) is 17.5 Å². The average Bonchev–Trinajstić information content (AvgIpc) is 3.56. The number of benzene rings is 2. The molecule has 4 rings (SSSR count). The molecule has 29 heavy (non-hydrogen) atoms. The molecule has 7 heteroatoms. The van der Waals surface area contributed by atoms with Gasteiger partial charge in [0.25, 0.3) is 5.56 Å². The first-order valence-electron chi connectivity index (χ1n) is 9.66. The van der Waals surface area contributed by atoms with E-state index < -0.39 is 0 Å². The SMILES string of the molecule is O=C(CCc1nc2ccccc2c(=O)n1C1CC1)OCCOc1ccc(Cl)cc1. The highest BCUT2D eigenvalue weighted by molar-refractivity contribution is 6.30. The van der Waals surface area contributed by atoms with E-state index >= 15 is 0 Å². The van der Waals surface area contributed by atoms with Crippen LogP contribution in [-0.2, 0) is 16.0 Å². The molecule has 0 aliphatic heterocycles. The summed E-state index contributed by atoms with van der Waals surface area (Å²) in [7, 11) is 0. The summed E-state index contributed by atoms with van der Waals surface area (Å²) in [4.78, 5) is 29.6. The molecule has 0 bridgehead atoms. The molecule has 0 saturated heterocycles. The second-order valence-corrected chi connectivity index (χ2v) is 7.41. The molecule has 6 nitrogen and oxygen atoms in total. The molecular formula is C22H21ClN2O4. The summed E-state index contributed by atoms with van der Waals surface area (Å²) < 4.78 is 12.5. The Morgan fingerprint density at radius 3 is 2.62 bits per heavy atom. The summed E-state index contributed by atoms with van der Waals surface area (Å²) >= 11 is 5.82. The number of esters is 1. The molecule has 1 aliphatic carbocycles. The lowest BCUT2D eigenvalue weighted by Gasteiger charge is -2.13. The molecule has 1 saturated carbocycles. The molecule has 1 heterocycles. The van der Waals surface area contributed by atoms with Gasteiger partial charge in [0.2, 0.25) is 0 Å². The Labute approximate surface area is 173 Å². The third-order valence-electron chi connectivity index (χ3n) is 4.77. The smallest absolute Gasteiger partial charge is 0.306 e. The number of carbonyl (C=O) groups is 1. The number of nitrogens with zero attached hydrogens (tertiary/aromatic N) is 2. The minimum Gasteiger partial charge on any atom is -0.490 e. The molecule has 0 radical (unpaired) electrons. The summed E-state index contributed by atoms with van der Waals surface area (Å²) in [6.07, 6.45) is 2.48. The highest BCUT2D eigenvalue weighted by Gasteiger charge is 2.28. The van der Waals surface area contributed by atoms with Crippen LogP contribution in [0.2, 0.25) is 5.02 Å². The van der Waals surface area contributed by atoms with E-state index in [0.29, 0.717) is 33.9 Å². The number of para-hydroxylation sites is 1. The zero-order chi connectivity index (χ0) is 20.2. The van der Waals surface area contributed by atoms with Gasteiger partial charge in [-0.1, -0.05) is 23.7 Å². The van der Waals surface area contributed by atoms with Crippen molar-refractivity contribution in [2.24, 2.45) is 0 Å². The normalized spacial score (nSPS) is 13.4. The van der Waals surface area contributed by atoms with Gasteiger partial charge in [-0.05, 0) is 49.2 Å². The Bertz CT molecular complexity index is 1070.